The van der Waals surface area contributed by atoms with Gasteiger partial charge >= 0.3 is 0 Å². The average molecular weight is 73.1 g/mol. The Labute approximate surface area is 32.9 Å². The van der Waals surface area contributed by atoms with E-state index >= 15 is 0 Å². The Bertz CT molecular complexity index is 11.1. The lowest BCUT2D eigenvalue weighted by Crippen LogP contribution is -1.71. The highest BCUT2D eigenvalue weighted by molar-refractivity contribution is 4.37. The monoisotopic (exact) mass is 73.1 g/mol. The molecular weight excluding hydrogens is 64.0 g/mol. The zero-order valence-electron chi connectivity index (χ0n) is 3.69. The summed E-state index contributed by atoms with van der Waals surface area (Å²) < 4.78 is 4.57. The second-order valence-electron chi connectivity index (χ2n) is 0.811. The normalized spacial score (nSPS) is 7.60. The third-order valence-corrected chi connectivity index (χ3v) is 0.333. The lowest BCUT2D eigenvalue weighted by molar-refractivity contribution is 0.269. The maximum absolute atomic E-state index is 4.57. The highest BCUT2D eigenvalue weighted by Gasteiger charge is 1.81. The molecule has 0 saturated carbocycles. The van der Waals surface area contributed by atoms with Gasteiger partial charge in [0.05, 0.1) is 7.11 Å². The molecule has 5 heavy (non-hydrogen) atoms. The van der Waals surface area contributed by atoms with E-state index < -0.39 is 0 Å². The minimum Gasteiger partial charge on any atom is -0.200 e. The molecule has 30 valence electrons. The van der Waals surface area contributed by atoms with Crippen LogP contribution in [0.2, 0.25) is 0 Å². The maximum Gasteiger partial charge on any atom is 0.226 e. The zero-order chi connectivity index (χ0) is 4.12. The molecule has 1 heteroatoms. The summed E-state index contributed by atoms with van der Waals surface area (Å²) in [7, 11) is 1.66. The lowest BCUT2D eigenvalue weighted by Gasteiger charge is -1.69. The molecule has 0 unspecified atom stereocenters. The fourth-order valence-electron chi connectivity index (χ4n) is 0.167. The maximum atomic E-state index is 4.57. The van der Waals surface area contributed by atoms with Gasteiger partial charge in [0, 0.05) is 0 Å². The van der Waals surface area contributed by atoms with Crippen LogP contribution in [0.4, 0.5) is 0 Å². The van der Waals surface area contributed by atoms with Crippen molar-refractivity contribution in [3.63, 3.8) is 0 Å². The molecule has 0 radical (unpaired) electrons. The molecule has 1 nitrogen and oxygen atoms in total. The summed E-state index contributed by atoms with van der Waals surface area (Å²) in [6.45, 7) is 3.78. The van der Waals surface area contributed by atoms with Crippen molar-refractivity contribution in [2.24, 2.45) is 0 Å². The molecule has 0 aliphatic rings. The van der Waals surface area contributed by atoms with Crippen LogP contribution in [-0.4, -0.2) is 7.11 Å². The molecule has 0 amide bonds. The molecule has 0 bridgehead atoms. The molecule has 0 saturated heterocycles. The standard InChI is InChI=1S/C4H9O/c1-3-4-5-2/h4H,3H2,1-2H3/q+1. The van der Waals surface area contributed by atoms with Crippen molar-refractivity contribution in [1.82, 2.24) is 0 Å². The van der Waals surface area contributed by atoms with Crippen LogP contribution in [0, 0.1) is 6.61 Å². The Morgan fingerprint density at radius 2 is 2.40 bits per heavy atom. The molecule has 0 aliphatic heterocycles. The molecule has 0 fully saturated rings. The van der Waals surface area contributed by atoms with Crippen molar-refractivity contribution in [1.29, 1.82) is 0 Å². The first-order chi connectivity index (χ1) is 2.41. The number of hydrogen-bond acceptors (Lipinski definition) is 1. The van der Waals surface area contributed by atoms with Crippen molar-refractivity contribution < 1.29 is 4.74 Å². The molecule has 0 aromatic carbocycles. The quantitative estimate of drug-likeness (QED) is 0.446. The molecule has 0 N–H and O–H groups in total. The molecule has 0 aromatic rings. The van der Waals surface area contributed by atoms with E-state index in [1.807, 2.05) is 6.92 Å². The van der Waals surface area contributed by atoms with Gasteiger partial charge in [0.2, 0.25) is 6.61 Å². The molecule has 0 rings (SSSR count). The number of rotatable bonds is 2. The van der Waals surface area contributed by atoms with Crippen LogP contribution in [0.15, 0.2) is 0 Å². The molecule has 0 aromatic heterocycles. The van der Waals surface area contributed by atoms with Crippen LogP contribution in [0.5, 0.6) is 0 Å². The summed E-state index contributed by atoms with van der Waals surface area (Å²) in [5.74, 6) is 0. The summed E-state index contributed by atoms with van der Waals surface area (Å²) >= 11 is 0. The molecular formula is C4H9O+. The van der Waals surface area contributed by atoms with E-state index in [1.165, 1.54) is 0 Å². The van der Waals surface area contributed by atoms with Crippen molar-refractivity contribution in [2.45, 2.75) is 13.3 Å². The third kappa shape index (κ3) is 3.83. The Kier molecular flexibility index (Phi) is 3.70. The van der Waals surface area contributed by atoms with Gasteiger partial charge in [0.15, 0.2) is 0 Å². The van der Waals surface area contributed by atoms with Crippen LogP contribution >= 0.6 is 0 Å². The van der Waals surface area contributed by atoms with Crippen molar-refractivity contribution in [3.05, 3.63) is 6.61 Å². The average Bonchev–Trinajstić information content (AvgIpc) is 1.41. The first-order valence-electron chi connectivity index (χ1n) is 1.76. The van der Waals surface area contributed by atoms with E-state index in [2.05, 4.69) is 4.74 Å². The van der Waals surface area contributed by atoms with E-state index in [9.17, 15) is 0 Å². The minimum atomic E-state index is 0.997. The van der Waals surface area contributed by atoms with Gasteiger partial charge in [-0.1, -0.05) is 0 Å². The zero-order valence-corrected chi connectivity index (χ0v) is 3.69. The van der Waals surface area contributed by atoms with Crippen LogP contribution in [-0.2, 0) is 4.74 Å². The second kappa shape index (κ2) is 3.83. The fourth-order valence-corrected chi connectivity index (χ4v) is 0.167. The molecule has 0 heterocycles. The number of methoxy groups -OCH3 is 1. The summed E-state index contributed by atoms with van der Waals surface area (Å²) in [5, 5.41) is 0. The molecule has 0 spiro atoms. The smallest absolute Gasteiger partial charge is 0.200 e. The fraction of sp³-hybridized carbons (Fsp3) is 0.750. The van der Waals surface area contributed by atoms with Gasteiger partial charge in [-0.25, -0.2) is 0 Å². The Hall–Kier alpha value is -0.170. The van der Waals surface area contributed by atoms with E-state index in [0.717, 1.165) is 6.42 Å². The highest BCUT2D eigenvalue weighted by atomic mass is 16.5. The Morgan fingerprint density at radius 3 is 2.40 bits per heavy atom. The number of hydrogen-bond donors (Lipinski definition) is 0. The minimum absolute atomic E-state index is 0.997. The molecule has 0 atom stereocenters. The summed E-state index contributed by atoms with van der Waals surface area (Å²) in [6.07, 6.45) is 0.997. The van der Waals surface area contributed by atoms with Gasteiger partial charge in [0.25, 0.3) is 0 Å². The van der Waals surface area contributed by atoms with E-state index in [-0.39, 0.29) is 0 Å². The van der Waals surface area contributed by atoms with Gasteiger partial charge in [-0.15, -0.1) is 0 Å². The van der Waals surface area contributed by atoms with Gasteiger partial charge in [-0.05, 0) is 6.92 Å². The topological polar surface area (TPSA) is 9.23 Å². The van der Waals surface area contributed by atoms with Gasteiger partial charge in [-0.2, -0.15) is 4.74 Å². The SMILES string of the molecule is CC[CH+]OC. The first kappa shape index (κ1) is 4.83. The summed E-state index contributed by atoms with van der Waals surface area (Å²) in [4.78, 5) is 0. The highest BCUT2D eigenvalue weighted by Crippen LogP contribution is 1.79. The third-order valence-electron chi connectivity index (χ3n) is 0.333. The predicted octanol–water partition coefficient (Wildman–Crippen LogP) is 1.20. The Balaban J connectivity index is 2.19. The van der Waals surface area contributed by atoms with Crippen LogP contribution in [0.3, 0.4) is 0 Å². The van der Waals surface area contributed by atoms with Crippen molar-refractivity contribution in [3.8, 4) is 0 Å². The van der Waals surface area contributed by atoms with Crippen molar-refractivity contribution >= 4 is 0 Å². The largest absolute Gasteiger partial charge is 0.226 e. The van der Waals surface area contributed by atoms with Crippen LogP contribution < -0.4 is 0 Å². The van der Waals surface area contributed by atoms with Gasteiger partial charge in [0.1, 0.15) is 6.42 Å². The van der Waals surface area contributed by atoms with Gasteiger partial charge in [-0.3, -0.25) is 0 Å². The predicted molar refractivity (Wildman–Crippen MR) is 21.6 cm³/mol. The van der Waals surface area contributed by atoms with Crippen LogP contribution in [0.25, 0.3) is 0 Å². The first-order valence-corrected chi connectivity index (χ1v) is 1.76. The number of ether oxygens (including phenoxy) is 1. The summed E-state index contributed by atoms with van der Waals surface area (Å²) in [5.41, 5.74) is 0. The lowest BCUT2D eigenvalue weighted by atomic mass is 10.5. The second-order valence-corrected chi connectivity index (χ2v) is 0.811. The molecule has 0 aliphatic carbocycles. The van der Waals surface area contributed by atoms with E-state index in [1.54, 1.807) is 13.7 Å². The van der Waals surface area contributed by atoms with E-state index in [0.29, 0.717) is 0 Å². The Morgan fingerprint density at radius 1 is 1.80 bits per heavy atom. The summed E-state index contributed by atoms with van der Waals surface area (Å²) in [6, 6.07) is 0. The van der Waals surface area contributed by atoms with Crippen molar-refractivity contribution in [2.75, 3.05) is 7.11 Å². The van der Waals surface area contributed by atoms with E-state index in [4.69, 9.17) is 0 Å². The van der Waals surface area contributed by atoms with Crippen LogP contribution in [0.1, 0.15) is 13.3 Å². The van der Waals surface area contributed by atoms with Gasteiger partial charge < -0.3 is 0 Å².